The third-order valence-electron chi connectivity index (χ3n) is 2.93. The number of benzene rings is 1. The van der Waals surface area contributed by atoms with E-state index in [1.54, 1.807) is 7.11 Å². The Morgan fingerprint density at radius 2 is 2.00 bits per heavy atom. The molecule has 1 aromatic carbocycles. The van der Waals surface area contributed by atoms with Crippen molar-refractivity contribution in [2.75, 3.05) is 19.5 Å². The van der Waals surface area contributed by atoms with Crippen molar-refractivity contribution in [2.24, 2.45) is 5.92 Å². The maximum absolute atomic E-state index is 11.2. The van der Waals surface area contributed by atoms with Gasteiger partial charge in [-0.05, 0) is 31.0 Å². The van der Waals surface area contributed by atoms with Gasteiger partial charge in [0.05, 0.1) is 19.5 Å². The van der Waals surface area contributed by atoms with Crippen LogP contribution in [0.25, 0.3) is 0 Å². The number of hydrogen-bond acceptors (Lipinski definition) is 4. The summed E-state index contributed by atoms with van der Waals surface area (Å²) < 4.78 is 33.3. The Labute approximate surface area is 125 Å². The molecule has 1 unspecified atom stereocenters. The summed E-state index contributed by atoms with van der Waals surface area (Å²) >= 11 is 0. The molecule has 0 radical (unpaired) electrons. The molecule has 1 atom stereocenters. The zero-order valence-electron chi connectivity index (χ0n) is 12.1. The zero-order chi connectivity index (χ0) is 15.2. The van der Waals surface area contributed by atoms with Gasteiger partial charge in [-0.3, -0.25) is 0 Å². The highest BCUT2D eigenvalue weighted by Crippen LogP contribution is 2.28. The molecule has 0 aliphatic carbocycles. The lowest BCUT2D eigenvalue weighted by molar-refractivity contribution is 0.241. The molecule has 0 fully saturated rings. The third-order valence-corrected chi connectivity index (χ3v) is 4.17. The van der Waals surface area contributed by atoms with E-state index >= 15 is 0 Å². The van der Waals surface area contributed by atoms with Crippen LogP contribution in [0.5, 0.6) is 11.5 Å². The van der Waals surface area contributed by atoms with E-state index in [2.05, 4.69) is 0 Å². The van der Waals surface area contributed by atoms with Gasteiger partial charge in [0.1, 0.15) is 0 Å². The van der Waals surface area contributed by atoms with Crippen LogP contribution in [0.1, 0.15) is 25.3 Å². The van der Waals surface area contributed by atoms with E-state index in [4.69, 9.17) is 20.2 Å². The predicted octanol–water partition coefficient (Wildman–Crippen LogP) is 3.37. The molecule has 114 valence electrons. The number of hydrogen-bond donors (Lipinski definition) is 0. The van der Waals surface area contributed by atoms with E-state index in [0.717, 1.165) is 18.4 Å². The monoisotopic (exact) mass is 320 g/mol. The van der Waals surface area contributed by atoms with Gasteiger partial charge in [0.15, 0.2) is 11.5 Å². The quantitative estimate of drug-likeness (QED) is 0.689. The second-order valence-electron chi connectivity index (χ2n) is 4.83. The fourth-order valence-corrected chi connectivity index (χ4v) is 3.37. The van der Waals surface area contributed by atoms with Gasteiger partial charge in [-0.15, -0.1) is 0 Å². The van der Waals surface area contributed by atoms with Crippen LogP contribution in [0.2, 0.25) is 0 Å². The van der Waals surface area contributed by atoms with Crippen LogP contribution in [0.4, 0.5) is 0 Å². The molecule has 0 saturated carbocycles. The third kappa shape index (κ3) is 6.01. The van der Waals surface area contributed by atoms with Crippen LogP contribution in [0.15, 0.2) is 18.2 Å². The van der Waals surface area contributed by atoms with Crippen molar-refractivity contribution in [1.82, 2.24) is 0 Å². The molecule has 0 spiro atoms. The van der Waals surface area contributed by atoms with Crippen LogP contribution < -0.4 is 9.47 Å². The molecule has 0 amide bonds. The maximum Gasteiger partial charge on any atom is 0.232 e. The van der Waals surface area contributed by atoms with Crippen LogP contribution in [0, 0.1) is 12.8 Å². The number of rotatable bonds is 8. The largest absolute Gasteiger partial charge is 0.493 e. The van der Waals surface area contributed by atoms with Crippen molar-refractivity contribution in [3.63, 3.8) is 0 Å². The van der Waals surface area contributed by atoms with Crippen molar-refractivity contribution in [2.45, 2.75) is 26.7 Å². The van der Waals surface area contributed by atoms with Crippen LogP contribution in [0.3, 0.4) is 0 Å². The minimum atomic E-state index is -3.51. The van der Waals surface area contributed by atoms with E-state index in [9.17, 15) is 8.42 Å². The Morgan fingerprint density at radius 3 is 2.55 bits per heavy atom. The summed E-state index contributed by atoms with van der Waals surface area (Å²) in [5.41, 5.74) is 1.07. The summed E-state index contributed by atoms with van der Waals surface area (Å²) in [7, 11) is 3.38. The summed E-state index contributed by atoms with van der Waals surface area (Å²) in [6, 6.07) is 5.62. The van der Waals surface area contributed by atoms with Crippen molar-refractivity contribution in [1.29, 1.82) is 0 Å². The number of aryl methyl sites for hydroxylation is 1. The first-order valence-electron chi connectivity index (χ1n) is 6.55. The smallest absolute Gasteiger partial charge is 0.232 e. The van der Waals surface area contributed by atoms with Gasteiger partial charge < -0.3 is 9.47 Å². The molecular weight excluding hydrogens is 300 g/mol. The molecule has 0 saturated heterocycles. The second-order valence-corrected chi connectivity index (χ2v) is 7.65. The Morgan fingerprint density at radius 1 is 1.30 bits per heavy atom. The van der Waals surface area contributed by atoms with Crippen molar-refractivity contribution in [3.05, 3.63) is 23.8 Å². The minimum Gasteiger partial charge on any atom is -0.493 e. The summed E-state index contributed by atoms with van der Waals surface area (Å²) in [6.07, 6.45) is 1.63. The highest BCUT2D eigenvalue weighted by atomic mass is 35.7. The van der Waals surface area contributed by atoms with E-state index in [-0.39, 0.29) is 11.7 Å². The SMILES string of the molecule is CCCC(COc1ccc(C)cc1OC)CS(=O)(=O)Cl. The minimum absolute atomic E-state index is 0.0728. The molecule has 0 bridgehead atoms. The van der Waals surface area contributed by atoms with Crippen LogP contribution >= 0.6 is 10.7 Å². The summed E-state index contributed by atoms with van der Waals surface area (Å²) in [6.45, 7) is 4.27. The van der Waals surface area contributed by atoms with Crippen LogP contribution in [-0.2, 0) is 9.05 Å². The van der Waals surface area contributed by atoms with E-state index in [1.807, 2.05) is 32.0 Å². The lowest BCUT2D eigenvalue weighted by atomic mass is 10.1. The van der Waals surface area contributed by atoms with Gasteiger partial charge in [0.2, 0.25) is 9.05 Å². The average molecular weight is 321 g/mol. The molecule has 0 aliphatic rings. The van der Waals surface area contributed by atoms with Gasteiger partial charge in [0.25, 0.3) is 0 Å². The lowest BCUT2D eigenvalue weighted by Crippen LogP contribution is -2.19. The molecule has 1 rings (SSSR count). The molecule has 4 nitrogen and oxygen atoms in total. The first-order valence-corrected chi connectivity index (χ1v) is 9.03. The van der Waals surface area contributed by atoms with Gasteiger partial charge in [-0.25, -0.2) is 8.42 Å². The van der Waals surface area contributed by atoms with E-state index < -0.39 is 9.05 Å². The van der Waals surface area contributed by atoms with Crippen molar-refractivity contribution in [3.8, 4) is 11.5 Å². The van der Waals surface area contributed by atoms with Gasteiger partial charge in [0, 0.05) is 16.6 Å². The zero-order valence-corrected chi connectivity index (χ0v) is 13.6. The van der Waals surface area contributed by atoms with Gasteiger partial charge in [-0.1, -0.05) is 19.4 Å². The first kappa shape index (κ1) is 17.1. The highest BCUT2D eigenvalue weighted by Gasteiger charge is 2.18. The van der Waals surface area contributed by atoms with Crippen molar-refractivity contribution < 1.29 is 17.9 Å². The maximum atomic E-state index is 11.2. The summed E-state index contributed by atoms with van der Waals surface area (Å²) in [5, 5.41) is 0. The molecule has 1 aromatic rings. The highest BCUT2D eigenvalue weighted by molar-refractivity contribution is 8.13. The fraction of sp³-hybridized carbons (Fsp3) is 0.571. The molecular formula is C14H21ClO4S. The Kier molecular flexibility index (Phi) is 6.62. The number of methoxy groups -OCH3 is 1. The Balaban J connectivity index is 2.72. The number of ether oxygens (including phenoxy) is 2. The Hall–Kier alpha value is -0.940. The summed E-state index contributed by atoms with van der Waals surface area (Å²) in [5.74, 6) is 1.07. The fourth-order valence-electron chi connectivity index (χ4n) is 2.01. The van der Waals surface area contributed by atoms with Gasteiger partial charge >= 0.3 is 0 Å². The van der Waals surface area contributed by atoms with Crippen molar-refractivity contribution >= 4 is 19.7 Å². The number of halogens is 1. The van der Waals surface area contributed by atoms with E-state index in [1.165, 1.54) is 0 Å². The first-order chi connectivity index (χ1) is 9.35. The van der Waals surface area contributed by atoms with Gasteiger partial charge in [-0.2, -0.15) is 0 Å². The summed E-state index contributed by atoms with van der Waals surface area (Å²) in [4.78, 5) is 0. The normalized spacial score (nSPS) is 13.0. The lowest BCUT2D eigenvalue weighted by Gasteiger charge is -2.17. The topological polar surface area (TPSA) is 52.6 Å². The molecule has 0 N–H and O–H groups in total. The molecule has 6 heteroatoms. The van der Waals surface area contributed by atoms with Crippen LogP contribution in [-0.4, -0.2) is 27.9 Å². The molecule has 0 heterocycles. The molecule has 20 heavy (non-hydrogen) atoms. The second kappa shape index (κ2) is 7.74. The van der Waals surface area contributed by atoms with E-state index in [0.29, 0.717) is 18.1 Å². The standard InChI is InChI=1S/C14H21ClO4S/c1-4-5-12(10-20(15,16)17)9-19-13-7-6-11(2)8-14(13)18-3/h6-8,12H,4-5,9-10H2,1-3H3. The average Bonchev–Trinajstić information content (AvgIpc) is 2.35. The molecule has 0 aromatic heterocycles. The predicted molar refractivity (Wildman–Crippen MR) is 81.3 cm³/mol. The molecule has 0 aliphatic heterocycles. The Bertz CT molecular complexity index is 528.